The van der Waals surface area contributed by atoms with Crippen molar-refractivity contribution in [1.29, 1.82) is 0 Å². The molecule has 1 aliphatic rings. The second-order valence-electron chi connectivity index (χ2n) is 6.64. The smallest absolute Gasteiger partial charge is 0.306 e. The standard InChI is InChI=1S/C15H20N2O2S/c1-15(2)4-3-12(13(18)19)10(8-15)7-11-9-17-5-6-20-14(17)16-11/h5-6,9-10,12H,3-4,7-8H2,1-2H3,(H,18,19). The average Bonchev–Trinajstić information content (AvgIpc) is 2.87. The minimum absolute atomic E-state index is 0.195. The molecule has 1 aliphatic carbocycles. The van der Waals surface area contributed by atoms with Gasteiger partial charge in [-0.3, -0.25) is 9.20 Å². The van der Waals surface area contributed by atoms with Gasteiger partial charge in [0.2, 0.25) is 0 Å². The Morgan fingerprint density at radius 3 is 3.10 bits per heavy atom. The van der Waals surface area contributed by atoms with E-state index in [9.17, 15) is 9.90 Å². The topological polar surface area (TPSA) is 54.6 Å². The molecular weight excluding hydrogens is 272 g/mol. The first-order valence-corrected chi connectivity index (χ1v) is 7.96. The third-order valence-corrected chi connectivity index (χ3v) is 5.22. The zero-order chi connectivity index (χ0) is 14.3. The number of carboxylic acids is 1. The lowest BCUT2D eigenvalue weighted by Crippen LogP contribution is -2.35. The minimum Gasteiger partial charge on any atom is -0.481 e. The summed E-state index contributed by atoms with van der Waals surface area (Å²) in [6.45, 7) is 4.48. The van der Waals surface area contributed by atoms with Crippen LogP contribution in [-0.4, -0.2) is 20.5 Å². The largest absolute Gasteiger partial charge is 0.481 e. The zero-order valence-corrected chi connectivity index (χ0v) is 12.7. The fourth-order valence-corrected chi connectivity index (χ4v) is 4.14. The van der Waals surface area contributed by atoms with Gasteiger partial charge in [0.15, 0.2) is 4.96 Å². The van der Waals surface area contributed by atoms with Gasteiger partial charge in [-0.2, -0.15) is 0 Å². The van der Waals surface area contributed by atoms with Gasteiger partial charge in [0.05, 0.1) is 11.6 Å². The summed E-state index contributed by atoms with van der Waals surface area (Å²) >= 11 is 1.61. The molecular formula is C15H20N2O2S. The quantitative estimate of drug-likeness (QED) is 0.942. The molecule has 20 heavy (non-hydrogen) atoms. The van der Waals surface area contributed by atoms with Crippen LogP contribution in [0.1, 0.15) is 38.8 Å². The number of fused-ring (bicyclic) bond motifs is 1. The summed E-state index contributed by atoms with van der Waals surface area (Å²) in [7, 11) is 0. The van der Waals surface area contributed by atoms with Crippen LogP contribution in [-0.2, 0) is 11.2 Å². The van der Waals surface area contributed by atoms with E-state index in [0.717, 1.165) is 36.3 Å². The van der Waals surface area contributed by atoms with Gasteiger partial charge >= 0.3 is 5.97 Å². The Kier molecular flexibility index (Phi) is 3.32. The van der Waals surface area contributed by atoms with Crippen LogP contribution in [0.5, 0.6) is 0 Å². The number of nitrogens with zero attached hydrogens (tertiary/aromatic N) is 2. The maximum Gasteiger partial charge on any atom is 0.306 e. The molecule has 108 valence electrons. The van der Waals surface area contributed by atoms with Gasteiger partial charge in [-0.25, -0.2) is 4.98 Å². The van der Waals surface area contributed by atoms with Crippen LogP contribution in [0.2, 0.25) is 0 Å². The fourth-order valence-electron chi connectivity index (χ4n) is 3.42. The van der Waals surface area contributed by atoms with Crippen molar-refractivity contribution in [2.75, 3.05) is 0 Å². The van der Waals surface area contributed by atoms with E-state index in [4.69, 9.17) is 0 Å². The van der Waals surface area contributed by atoms with E-state index in [0.29, 0.717) is 0 Å². The van der Waals surface area contributed by atoms with E-state index in [1.807, 2.05) is 22.2 Å². The van der Waals surface area contributed by atoms with E-state index in [2.05, 4.69) is 18.8 Å². The molecule has 0 bridgehead atoms. The van der Waals surface area contributed by atoms with Crippen molar-refractivity contribution in [3.8, 4) is 0 Å². The van der Waals surface area contributed by atoms with Gasteiger partial charge in [0.1, 0.15) is 0 Å². The number of thiazole rings is 1. The third kappa shape index (κ3) is 2.59. The van der Waals surface area contributed by atoms with Gasteiger partial charge in [-0.1, -0.05) is 13.8 Å². The number of aliphatic carboxylic acids is 1. The Balaban J connectivity index is 1.81. The third-order valence-electron chi connectivity index (χ3n) is 4.45. The molecule has 1 fully saturated rings. The first kappa shape index (κ1) is 13.6. The predicted octanol–water partition coefficient (Wildman–Crippen LogP) is 3.47. The molecule has 4 nitrogen and oxygen atoms in total. The van der Waals surface area contributed by atoms with Gasteiger partial charge in [0.25, 0.3) is 0 Å². The molecule has 3 rings (SSSR count). The fraction of sp³-hybridized carbons (Fsp3) is 0.600. The van der Waals surface area contributed by atoms with Crippen LogP contribution in [0.15, 0.2) is 17.8 Å². The second-order valence-corrected chi connectivity index (χ2v) is 7.51. The molecule has 2 aromatic heterocycles. The molecule has 1 saturated carbocycles. The lowest BCUT2D eigenvalue weighted by molar-refractivity contribution is -0.146. The molecule has 0 spiro atoms. The number of hydrogen-bond acceptors (Lipinski definition) is 3. The van der Waals surface area contributed by atoms with E-state index in [1.165, 1.54) is 0 Å². The highest BCUT2D eigenvalue weighted by molar-refractivity contribution is 7.15. The second kappa shape index (κ2) is 4.88. The Morgan fingerprint density at radius 1 is 1.60 bits per heavy atom. The molecule has 0 radical (unpaired) electrons. The molecule has 2 atom stereocenters. The van der Waals surface area contributed by atoms with Crippen molar-refractivity contribution >= 4 is 22.3 Å². The highest BCUT2D eigenvalue weighted by atomic mass is 32.1. The SMILES string of the molecule is CC1(C)CCC(C(=O)O)C(Cc2cn3ccsc3n2)C1. The van der Waals surface area contributed by atoms with E-state index >= 15 is 0 Å². The molecule has 5 heteroatoms. The van der Waals surface area contributed by atoms with Gasteiger partial charge < -0.3 is 5.11 Å². The maximum atomic E-state index is 11.5. The Labute approximate surface area is 122 Å². The number of carbonyl (C=O) groups is 1. The van der Waals surface area contributed by atoms with E-state index in [1.54, 1.807) is 11.3 Å². The summed E-state index contributed by atoms with van der Waals surface area (Å²) in [6.07, 6.45) is 7.56. The monoisotopic (exact) mass is 292 g/mol. The van der Waals surface area contributed by atoms with Crippen LogP contribution < -0.4 is 0 Å². The summed E-state index contributed by atoms with van der Waals surface area (Å²) in [5.74, 6) is -0.671. The molecule has 2 unspecified atom stereocenters. The highest BCUT2D eigenvalue weighted by Crippen LogP contribution is 2.43. The Morgan fingerprint density at radius 2 is 2.40 bits per heavy atom. The van der Waals surface area contributed by atoms with Crippen LogP contribution >= 0.6 is 11.3 Å². The van der Waals surface area contributed by atoms with Gasteiger partial charge in [-0.05, 0) is 37.0 Å². The van der Waals surface area contributed by atoms with Crippen LogP contribution in [0.3, 0.4) is 0 Å². The summed E-state index contributed by atoms with van der Waals surface area (Å²) in [6, 6.07) is 0. The van der Waals surface area contributed by atoms with Gasteiger partial charge in [0, 0.05) is 17.8 Å². The van der Waals surface area contributed by atoms with Gasteiger partial charge in [-0.15, -0.1) is 11.3 Å². The first-order chi connectivity index (χ1) is 9.44. The van der Waals surface area contributed by atoms with Crippen LogP contribution in [0.25, 0.3) is 4.96 Å². The molecule has 0 saturated heterocycles. The van der Waals surface area contributed by atoms with Crippen molar-refractivity contribution in [2.24, 2.45) is 17.3 Å². The van der Waals surface area contributed by atoms with Crippen molar-refractivity contribution in [2.45, 2.75) is 39.5 Å². The molecule has 0 amide bonds. The Hall–Kier alpha value is -1.36. The van der Waals surface area contributed by atoms with Crippen molar-refractivity contribution in [3.63, 3.8) is 0 Å². The van der Waals surface area contributed by atoms with E-state index in [-0.39, 0.29) is 17.3 Å². The van der Waals surface area contributed by atoms with E-state index < -0.39 is 5.97 Å². The maximum absolute atomic E-state index is 11.5. The predicted molar refractivity (Wildman–Crippen MR) is 79.0 cm³/mol. The molecule has 2 heterocycles. The average molecular weight is 292 g/mol. The molecule has 0 aromatic carbocycles. The number of rotatable bonds is 3. The van der Waals surface area contributed by atoms with Crippen molar-refractivity contribution in [1.82, 2.24) is 9.38 Å². The Bertz CT molecular complexity index is 600. The normalized spacial score (nSPS) is 25.9. The van der Waals surface area contributed by atoms with Crippen LogP contribution in [0.4, 0.5) is 0 Å². The number of imidazole rings is 1. The molecule has 0 aliphatic heterocycles. The summed E-state index contributed by atoms with van der Waals surface area (Å²) in [5.41, 5.74) is 1.26. The zero-order valence-electron chi connectivity index (χ0n) is 11.9. The lowest BCUT2D eigenvalue weighted by Gasteiger charge is -2.38. The molecule has 1 N–H and O–H groups in total. The summed E-state index contributed by atoms with van der Waals surface area (Å²) < 4.78 is 2.02. The summed E-state index contributed by atoms with van der Waals surface area (Å²) in [4.78, 5) is 17.0. The minimum atomic E-state index is -0.647. The van der Waals surface area contributed by atoms with Crippen molar-refractivity contribution < 1.29 is 9.90 Å². The van der Waals surface area contributed by atoms with Crippen molar-refractivity contribution in [3.05, 3.63) is 23.5 Å². The van der Waals surface area contributed by atoms with Crippen LogP contribution in [0, 0.1) is 17.3 Å². The lowest BCUT2D eigenvalue weighted by atomic mass is 9.66. The summed E-state index contributed by atoms with van der Waals surface area (Å²) in [5, 5.41) is 11.4. The number of aromatic nitrogens is 2. The highest BCUT2D eigenvalue weighted by Gasteiger charge is 2.38. The molecule has 2 aromatic rings. The number of hydrogen-bond donors (Lipinski definition) is 1. The number of carboxylic acid groups (broad SMARTS) is 1. The first-order valence-electron chi connectivity index (χ1n) is 7.08.